The third-order valence-corrected chi connectivity index (χ3v) is 4.95. The van der Waals surface area contributed by atoms with E-state index in [9.17, 15) is 4.79 Å². The number of likely N-dealkylation sites (tertiary alicyclic amines) is 1. The van der Waals surface area contributed by atoms with Crippen LogP contribution in [0.25, 0.3) is 0 Å². The van der Waals surface area contributed by atoms with Crippen LogP contribution in [0.3, 0.4) is 0 Å². The first-order valence-corrected chi connectivity index (χ1v) is 8.43. The van der Waals surface area contributed by atoms with Crippen molar-refractivity contribution >= 4 is 17.5 Å². The van der Waals surface area contributed by atoms with Crippen molar-refractivity contribution < 1.29 is 9.53 Å². The molecule has 1 aromatic rings. The fourth-order valence-electron chi connectivity index (χ4n) is 3.43. The standard InChI is InChI=1S/C17H22ClNO2/c18-12-13-6-2-1-5-10-19(13)17(20)15-9-11-21-16-8-4-3-7-14(15)16/h3-4,7-8,13,15H,1-2,5-6,9-12H2. The molecule has 0 saturated carbocycles. The number of benzene rings is 1. The van der Waals surface area contributed by atoms with Crippen LogP contribution in [0.2, 0.25) is 0 Å². The molecule has 21 heavy (non-hydrogen) atoms. The van der Waals surface area contributed by atoms with Gasteiger partial charge < -0.3 is 9.64 Å². The summed E-state index contributed by atoms with van der Waals surface area (Å²) in [5, 5.41) is 0. The van der Waals surface area contributed by atoms with Crippen LogP contribution >= 0.6 is 11.6 Å². The molecule has 0 bridgehead atoms. The number of hydrogen-bond acceptors (Lipinski definition) is 2. The molecule has 0 aliphatic carbocycles. The normalized spacial score (nSPS) is 25.7. The number of fused-ring (bicyclic) bond motifs is 1. The highest BCUT2D eigenvalue weighted by Gasteiger charge is 2.34. The molecule has 3 nitrogen and oxygen atoms in total. The third-order valence-electron chi connectivity index (χ3n) is 4.59. The first-order chi connectivity index (χ1) is 10.3. The molecule has 114 valence electrons. The van der Waals surface area contributed by atoms with Crippen molar-refractivity contribution in [1.82, 2.24) is 4.90 Å². The van der Waals surface area contributed by atoms with Crippen LogP contribution in [-0.4, -0.2) is 35.9 Å². The Hall–Kier alpha value is -1.22. The van der Waals surface area contributed by atoms with Crippen LogP contribution in [0.5, 0.6) is 5.75 Å². The van der Waals surface area contributed by atoms with Crippen molar-refractivity contribution in [3.63, 3.8) is 0 Å². The van der Waals surface area contributed by atoms with Crippen LogP contribution in [0.4, 0.5) is 0 Å². The Morgan fingerprint density at radius 2 is 2.10 bits per heavy atom. The van der Waals surface area contributed by atoms with Gasteiger partial charge in [-0.05, 0) is 25.3 Å². The number of carbonyl (C=O) groups is 1. The van der Waals surface area contributed by atoms with Crippen molar-refractivity contribution in [1.29, 1.82) is 0 Å². The molecule has 1 fully saturated rings. The predicted octanol–water partition coefficient (Wildman–Crippen LogP) is 3.56. The first-order valence-electron chi connectivity index (χ1n) is 7.89. The number of carbonyl (C=O) groups excluding carboxylic acids is 1. The van der Waals surface area contributed by atoms with E-state index >= 15 is 0 Å². The Morgan fingerprint density at radius 1 is 1.24 bits per heavy atom. The molecule has 2 aliphatic rings. The molecule has 1 saturated heterocycles. The van der Waals surface area contributed by atoms with Crippen molar-refractivity contribution in [2.75, 3.05) is 19.0 Å². The van der Waals surface area contributed by atoms with E-state index in [-0.39, 0.29) is 17.9 Å². The van der Waals surface area contributed by atoms with Crippen LogP contribution in [0.15, 0.2) is 24.3 Å². The van der Waals surface area contributed by atoms with Gasteiger partial charge in [-0.25, -0.2) is 0 Å². The van der Waals surface area contributed by atoms with Crippen LogP contribution in [-0.2, 0) is 4.79 Å². The average Bonchev–Trinajstić information content (AvgIpc) is 2.79. The Bertz CT molecular complexity index is 505. The fourth-order valence-corrected chi connectivity index (χ4v) is 3.75. The Labute approximate surface area is 131 Å². The number of rotatable bonds is 2. The van der Waals surface area contributed by atoms with Crippen molar-refractivity contribution in [2.45, 2.75) is 44.1 Å². The van der Waals surface area contributed by atoms with Crippen molar-refractivity contribution in [3.8, 4) is 5.75 Å². The van der Waals surface area contributed by atoms with E-state index in [0.717, 1.165) is 37.1 Å². The monoisotopic (exact) mass is 307 g/mol. The highest BCUT2D eigenvalue weighted by atomic mass is 35.5. The lowest BCUT2D eigenvalue weighted by Crippen LogP contribution is -2.44. The Balaban J connectivity index is 1.84. The fraction of sp³-hybridized carbons (Fsp3) is 0.588. The van der Waals surface area contributed by atoms with E-state index in [1.807, 2.05) is 29.2 Å². The van der Waals surface area contributed by atoms with Gasteiger partial charge >= 0.3 is 0 Å². The summed E-state index contributed by atoms with van der Waals surface area (Å²) in [4.78, 5) is 15.1. The lowest BCUT2D eigenvalue weighted by Gasteiger charge is -2.34. The molecule has 2 unspecified atom stereocenters. The summed E-state index contributed by atoms with van der Waals surface area (Å²) in [5.74, 6) is 1.56. The summed E-state index contributed by atoms with van der Waals surface area (Å²) >= 11 is 6.11. The topological polar surface area (TPSA) is 29.5 Å². The Morgan fingerprint density at radius 3 is 2.95 bits per heavy atom. The number of amides is 1. The molecule has 1 aromatic carbocycles. The minimum absolute atomic E-state index is 0.0706. The summed E-state index contributed by atoms with van der Waals surface area (Å²) in [7, 11) is 0. The van der Waals surface area contributed by atoms with Gasteiger partial charge in [0, 0.05) is 24.0 Å². The summed E-state index contributed by atoms with van der Waals surface area (Å²) < 4.78 is 5.67. The number of hydrogen-bond donors (Lipinski definition) is 0. The summed E-state index contributed by atoms with van der Waals surface area (Å²) in [6.07, 6.45) is 5.25. The van der Waals surface area contributed by atoms with Gasteiger partial charge in [-0.1, -0.05) is 31.0 Å². The van der Waals surface area contributed by atoms with Crippen LogP contribution in [0, 0.1) is 0 Å². The summed E-state index contributed by atoms with van der Waals surface area (Å²) in [5.41, 5.74) is 1.03. The van der Waals surface area contributed by atoms with E-state index in [4.69, 9.17) is 16.3 Å². The van der Waals surface area contributed by atoms with Gasteiger partial charge in [-0.3, -0.25) is 4.79 Å². The SMILES string of the molecule is O=C(C1CCOc2ccccc21)N1CCCCCC1CCl. The van der Waals surface area contributed by atoms with Gasteiger partial charge in [0.05, 0.1) is 12.5 Å². The molecule has 3 rings (SSSR count). The summed E-state index contributed by atoms with van der Waals surface area (Å²) in [6, 6.07) is 8.10. The molecule has 2 atom stereocenters. The van der Waals surface area contributed by atoms with E-state index < -0.39 is 0 Å². The lowest BCUT2D eigenvalue weighted by molar-refractivity contribution is -0.135. The smallest absolute Gasteiger partial charge is 0.230 e. The predicted molar refractivity (Wildman–Crippen MR) is 84.0 cm³/mol. The second-order valence-corrected chi connectivity index (χ2v) is 6.23. The minimum atomic E-state index is -0.0706. The van der Waals surface area contributed by atoms with Crippen molar-refractivity contribution in [2.24, 2.45) is 0 Å². The Kier molecular flexibility index (Phi) is 4.69. The quantitative estimate of drug-likeness (QED) is 0.782. The van der Waals surface area contributed by atoms with Crippen molar-refractivity contribution in [3.05, 3.63) is 29.8 Å². The maximum Gasteiger partial charge on any atom is 0.230 e. The highest BCUT2D eigenvalue weighted by Crippen LogP contribution is 2.35. The van der Waals surface area contributed by atoms with Gasteiger partial charge in [-0.15, -0.1) is 11.6 Å². The molecule has 4 heteroatoms. The zero-order chi connectivity index (χ0) is 14.7. The number of para-hydroxylation sites is 1. The van der Waals surface area contributed by atoms with Gasteiger partial charge in [0.1, 0.15) is 5.75 Å². The van der Waals surface area contributed by atoms with E-state index in [2.05, 4.69) is 0 Å². The lowest BCUT2D eigenvalue weighted by atomic mass is 9.91. The largest absolute Gasteiger partial charge is 0.493 e. The zero-order valence-corrected chi connectivity index (χ0v) is 13.0. The number of ether oxygens (including phenoxy) is 1. The average molecular weight is 308 g/mol. The maximum atomic E-state index is 13.0. The van der Waals surface area contributed by atoms with Crippen LogP contribution < -0.4 is 4.74 Å². The zero-order valence-electron chi connectivity index (χ0n) is 12.3. The van der Waals surface area contributed by atoms with E-state index in [0.29, 0.717) is 12.5 Å². The molecular formula is C17H22ClNO2. The number of halogens is 1. The molecule has 0 spiro atoms. The molecule has 0 radical (unpaired) electrons. The second-order valence-electron chi connectivity index (χ2n) is 5.92. The molecule has 1 amide bonds. The molecule has 2 heterocycles. The second kappa shape index (κ2) is 6.69. The third kappa shape index (κ3) is 3.03. The van der Waals surface area contributed by atoms with Gasteiger partial charge in [-0.2, -0.15) is 0 Å². The van der Waals surface area contributed by atoms with Crippen LogP contribution in [0.1, 0.15) is 43.6 Å². The number of nitrogens with zero attached hydrogens (tertiary/aromatic N) is 1. The molecule has 2 aliphatic heterocycles. The maximum absolute atomic E-state index is 13.0. The van der Waals surface area contributed by atoms with Gasteiger partial charge in [0.15, 0.2) is 0 Å². The van der Waals surface area contributed by atoms with Gasteiger partial charge in [0.25, 0.3) is 0 Å². The first kappa shape index (κ1) is 14.7. The minimum Gasteiger partial charge on any atom is -0.493 e. The van der Waals surface area contributed by atoms with E-state index in [1.54, 1.807) is 0 Å². The summed E-state index contributed by atoms with van der Waals surface area (Å²) in [6.45, 7) is 1.46. The van der Waals surface area contributed by atoms with E-state index in [1.165, 1.54) is 12.8 Å². The molecule has 0 aromatic heterocycles. The van der Waals surface area contributed by atoms with Gasteiger partial charge in [0.2, 0.25) is 5.91 Å². The molecule has 0 N–H and O–H groups in total. The highest BCUT2D eigenvalue weighted by molar-refractivity contribution is 6.18. The number of alkyl halides is 1. The molecular weight excluding hydrogens is 286 g/mol.